The molecule has 1 aliphatic rings. The van der Waals surface area contributed by atoms with Gasteiger partial charge in [0.15, 0.2) is 0 Å². The molecule has 1 fully saturated rings. The number of nitrogens with one attached hydrogen (secondary N) is 1. The van der Waals surface area contributed by atoms with Crippen molar-refractivity contribution in [2.24, 2.45) is 5.73 Å². The van der Waals surface area contributed by atoms with Gasteiger partial charge in [-0.1, -0.05) is 30.3 Å². The quantitative estimate of drug-likeness (QED) is 0.730. The van der Waals surface area contributed by atoms with Crippen LogP contribution in [0.3, 0.4) is 0 Å². The maximum atomic E-state index is 10.9. The SMILES string of the molecule is NC(=O)[C@H]1CCC(c2ccccc2)N1. The van der Waals surface area contributed by atoms with E-state index in [1.165, 1.54) is 5.56 Å². The van der Waals surface area contributed by atoms with Crippen LogP contribution < -0.4 is 11.1 Å². The number of benzene rings is 1. The zero-order valence-corrected chi connectivity index (χ0v) is 7.94. The molecule has 1 aromatic rings. The highest BCUT2D eigenvalue weighted by Crippen LogP contribution is 2.25. The van der Waals surface area contributed by atoms with Gasteiger partial charge in [-0.15, -0.1) is 0 Å². The number of rotatable bonds is 2. The highest BCUT2D eigenvalue weighted by molar-refractivity contribution is 5.80. The second-order valence-electron chi connectivity index (χ2n) is 3.66. The number of hydrogen-bond acceptors (Lipinski definition) is 2. The Morgan fingerprint density at radius 3 is 2.57 bits per heavy atom. The maximum absolute atomic E-state index is 10.9. The van der Waals surface area contributed by atoms with E-state index in [2.05, 4.69) is 17.4 Å². The number of amides is 1. The van der Waals surface area contributed by atoms with Crippen molar-refractivity contribution in [1.82, 2.24) is 5.32 Å². The number of hydrogen-bond donors (Lipinski definition) is 2. The average molecular weight is 190 g/mol. The van der Waals surface area contributed by atoms with E-state index in [9.17, 15) is 4.79 Å². The molecule has 0 radical (unpaired) electrons. The third-order valence-electron chi connectivity index (χ3n) is 2.69. The van der Waals surface area contributed by atoms with Gasteiger partial charge >= 0.3 is 0 Å². The third-order valence-corrected chi connectivity index (χ3v) is 2.69. The Morgan fingerprint density at radius 2 is 2.00 bits per heavy atom. The average Bonchev–Trinajstić information content (AvgIpc) is 2.68. The number of carbonyl (C=O) groups excluding carboxylic acids is 1. The molecule has 0 bridgehead atoms. The lowest BCUT2D eigenvalue weighted by atomic mass is 10.1. The summed E-state index contributed by atoms with van der Waals surface area (Å²) >= 11 is 0. The summed E-state index contributed by atoms with van der Waals surface area (Å²) in [7, 11) is 0. The first-order valence-electron chi connectivity index (χ1n) is 4.87. The fraction of sp³-hybridized carbons (Fsp3) is 0.364. The van der Waals surface area contributed by atoms with Crippen LogP contribution in [0.5, 0.6) is 0 Å². The summed E-state index contributed by atoms with van der Waals surface area (Å²) in [5.41, 5.74) is 6.47. The van der Waals surface area contributed by atoms with Gasteiger partial charge in [0, 0.05) is 6.04 Å². The molecule has 0 aliphatic carbocycles. The van der Waals surface area contributed by atoms with Crippen molar-refractivity contribution in [3.8, 4) is 0 Å². The number of carbonyl (C=O) groups is 1. The molecule has 2 atom stereocenters. The van der Waals surface area contributed by atoms with E-state index < -0.39 is 0 Å². The summed E-state index contributed by atoms with van der Waals surface area (Å²) < 4.78 is 0. The van der Waals surface area contributed by atoms with Crippen molar-refractivity contribution in [2.75, 3.05) is 0 Å². The molecule has 1 unspecified atom stereocenters. The molecule has 14 heavy (non-hydrogen) atoms. The molecule has 0 saturated carbocycles. The van der Waals surface area contributed by atoms with Gasteiger partial charge in [0.1, 0.15) is 0 Å². The van der Waals surface area contributed by atoms with Crippen molar-refractivity contribution in [3.63, 3.8) is 0 Å². The summed E-state index contributed by atoms with van der Waals surface area (Å²) in [5.74, 6) is -0.247. The van der Waals surface area contributed by atoms with Crippen LogP contribution in [0.15, 0.2) is 30.3 Å². The molecule has 2 rings (SSSR count). The van der Waals surface area contributed by atoms with E-state index in [0.717, 1.165) is 12.8 Å². The molecule has 1 aromatic carbocycles. The molecule has 3 N–H and O–H groups in total. The summed E-state index contributed by atoms with van der Waals surface area (Å²) in [6.07, 6.45) is 1.83. The van der Waals surface area contributed by atoms with Crippen LogP contribution in [0.2, 0.25) is 0 Å². The minimum Gasteiger partial charge on any atom is -0.368 e. The zero-order valence-electron chi connectivity index (χ0n) is 7.94. The lowest BCUT2D eigenvalue weighted by molar-refractivity contribution is -0.119. The fourth-order valence-corrected chi connectivity index (χ4v) is 1.92. The normalized spacial score (nSPS) is 26.3. The minimum absolute atomic E-state index is 0.153. The molecule has 0 aromatic heterocycles. The Morgan fingerprint density at radius 1 is 1.29 bits per heavy atom. The first-order chi connectivity index (χ1) is 6.77. The molecular formula is C11H14N2O. The van der Waals surface area contributed by atoms with E-state index >= 15 is 0 Å². The number of nitrogens with two attached hydrogens (primary N) is 1. The first-order valence-corrected chi connectivity index (χ1v) is 4.87. The Hall–Kier alpha value is -1.35. The number of primary amides is 1. The molecule has 3 heteroatoms. The summed E-state index contributed by atoms with van der Waals surface area (Å²) in [5, 5.41) is 3.23. The molecule has 0 spiro atoms. The summed E-state index contributed by atoms with van der Waals surface area (Å²) in [4.78, 5) is 10.9. The van der Waals surface area contributed by atoms with E-state index in [4.69, 9.17) is 5.73 Å². The summed E-state index contributed by atoms with van der Waals surface area (Å²) in [6.45, 7) is 0. The lowest BCUT2D eigenvalue weighted by Gasteiger charge is -2.12. The fourth-order valence-electron chi connectivity index (χ4n) is 1.92. The van der Waals surface area contributed by atoms with Crippen molar-refractivity contribution >= 4 is 5.91 Å². The van der Waals surface area contributed by atoms with E-state index in [1.807, 2.05) is 18.2 Å². The zero-order chi connectivity index (χ0) is 9.97. The van der Waals surface area contributed by atoms with Gasteiger partial charge in [0.05, 0.1) is 6.04 Å². The van der Waals surface area contributed by atoms with Crippen LogP contribution in [-0.2, 0) is 4.79 Å². The predicted octanol–water partition coefficient (Wildman–Crippen LogP) is 0.965. The first kappa shape index (κ1) is 9.21. The molecule has 1 heterocycles. The molecular weight excluding hydrogens is 176 g/mol. The van der Waals surface area contributed by atoms with Gasteiger partial charge in [-0.05, 0) is 18.4 Å². The molecule has 1 saturated heterocycles. The standard InChI is InChI=1S/C11H14N2O/c12-11(14)10-7-6-9(13-10)8-4-2-1-3-5-8/h1-5,9-10,13H,6-7H2,(H2,12,14)/t9?,10-/m1/s1. The summed E-state index contributed by atoms with van der Waals surface area (Å²) in [6, 6.07) is 10.3. The van der Waals surface area contributed by atoms with Gasteiger partial charge in [-0.3, -0.25) is 10.1 Å². The predicted molar refractivity (Wildman–Crippen MR) is 54.5 cm³/mol. The van der Waals surface area contributed by atoms with Gasteiger partial charge in [-0.2, -0.15) is 0 Å². The van der Waals surface area contributed by atoms with Crippen molar-refractivity contribution in [3.05, 3.63) is 35.9 Å². The Kier molecular flexibility index (Phi) is 2.50. The van der Waals surface area contributed by atoms with E-state index in [0.29, 0.717) is 0 Å². The van der Waals surface area contributed by atoms with Crippen LogP contribution >= 0.6 is 0 Å². The maximum Gasteiger partial charge on any atom is 0.234 e. The van der Waals surface area contributed by atoms with Gasteiger partial charge < -0.3 is 5.73 Å². The Labute approximate surface area is 83.3 Å². The smallest absolute Gasteiger partial charge is 0.234 e. The van der Waals surface area contributed by atoms with E-state index in [-0.39, 0.29) is 18.0 Å². The van der Waals surface area contributed by atoms with E-state index in [1.54, 1.807) is 0 Å². The van der Waals surface area contributed by atoms with Gasteiger partial charge in [0.2, 0.25) is 5.91 Å². The van der Waals surface area contributed by atoms with Crippen molar-refractivity contribution in [2.45, 2.75) is 24.9 Å². The van der Waals surface area contributed by atoms with Crippen LogP contribution in [0, 0.1) is 0 Å². The van der Waals surface area contributed by atoms with Crippen molar-refractivity contribution < 1.29 is 4.79 Å². The largest absolute Gasteiger partial charge is 0.368 e. The second kappa shape index (κ2) is 3.80. The topological polar surface area (TPSA) is 55.1 Å². The minimum atomic E-state index is -0.247. The monoisotopic (exact) mass is 190 g/mol. The van der Waals surface area contributed by atoms with Crippen LogP contribution in [0.1, 0.15) is 24.4 Å². The lowest BCUT2D eigenvalue weighted by Crippen LogP contribution is -2.37. The molecule has 74 valence electrons. The van der Waals surface area contributed by atoms with Gasteiger partial charge in [-0.25, -0.2) is 0 Å². The Bertz CT molecular complexity index is 323. The van der Waals surface area contributed by atoms with Crippen LogP contribution in [-0.4, -0.2) is 11.9 Å². The molecule has 3 nitrogen and oxygen atoms in total. The third kappa shape index (κ3) is 1.77. The van der Waals surface area contributed by atoms with Crippen molar-refractivity contribution in [1.29, 1.82) is 0 Å². The Balaban J connectivity index is 2.06. The second-order valence-corrected chi connectivity index (χ2v) is 3.66. The van der Waals surface area contributed by atoms with Crippen LogP contribution in [0.4, 0.5) is 0 Å². The van der Waals surface area contributed by atoms with Gasteiger partial charge in [0.25, 0.3) is 0 Å². The van der Waals surface area contributed by atoms with Crippen LogP contribution in [0.25, 0.3) is 0 Å². The highest BCUT2D eigenvalue weighted by atomic mass is 16.1. The molecule has 1 amide bonds. The molecule has 1 aliphatic heterocycles. The highest BCUT2D eigenvalue weighted by Gasteiger charge is 2.27.